The van der Waals surface area contributed by atoms with Crippen molar-refractivity contribution in [3.05, 3.63) is 30.5 Å². The number of amidine groups is 1. The van der Waals surface area contributed by atoms with Crippen LogP contribution in [0.4, 0.5) is 5.95 Å². The lowest BCUT2D eigenvalue weighted by atomic mass is 10.2. The van der Waals surface area contributed by atoms with Gasteiger partial charge in [-0.25, -0.2) is 9.97 Å². The van der Waals surface area contributed by atoms with Crippen molar-refractivity contribution in [2.75, 3.05) is 18.0 Å². The first-order chi connectivity index (χ1) is 10.1. The van der Waals surface area contributed by atoms with Crippen LogP contribution in [0.5, 0.6) is 0 Å². The van der Waals surface area contributed by atoms with Gasteiger partial charge in [-0.3, -0.25) is 0 Å². The number of nitrogens with zero attached hydrogens (tertiary/aromatic N) is 4. The zero-order valence-electron chi connectivity index (χ0n) is 12.4. The minimum absolute atomic E-state index is 0.213. The normalized spacial score (nSPS) is 12.0. The Morgan fingerprint density at radius 1 is 1.38 bits per heavy atom. The largest absolute Gasteiger partial charge is 0.409 e. The number of oxime groups is 1. The van der Waals surface area contributed by atoms with E-state index in [1.165, 1.54) is 0 Å². The average Bonchev–Trinajstić information content (AvgIpc) is 2.50. The van der Waals surface area contributed by atoms with Gasteiger partial charge in [-0.15, -0.1) is 0 Å². The highest BCUT2D eigenvalue weighted by atomic mass is 16.4. The lowest BCUT2D eigenvalue weighted by Crippen LogP contribution is -2.32. The van der Waals surface area contributed by atoms with Crippen molar-refractivity contribution in [3.63, 3.8) is 0 Å². The number of hydrogen-bond acceptors (Lipinski definition) is 5. The van der Waals surface area contributed by atoms with Crippen LogP contribution in [0, 0.1) is 5.92 Å². The van der Waals surface area contributed by atoms with Crippen molar-refractivity contribution in [2.45, 2.75) is 20.3 Å². The highest BCUT2D eigenvalue weighted by Gasteiger charge is 2.12. The Morgan fingerprint density at radius 2 is 2.14 bits per heavy atom. The zero-order valence-corrected chi connectivity index (χ0v) is 12.4. The maximum absolute atomic E-state index is 8.65. The molecule has 6 heteroatoms. The van der Waals surface area contributed by atoms with Gasteiger partial charge in [0, 0.05) is 31.1 Å². The van der Waals surface area contributed by atoms with Gasteiger partial charge >= 0.3 is 0 Å². The molecule has 2 rings (SSSR count). The molecule has 1 heterocycles. The highest BCUT2D eigenvalue weighted by Crippen LogP contribution is 2.16. The Bertz CT molecular complexity index is 626. The summed E-state index contributed by atoms with van der Waals surface area (Å²) >= 11 is 0. The number of benzene rings is 1. The van der Waals surface area contributed by atoms with Crippen LogP contribution in [-0.2, 0) is 0 Å². The van der Waals surface area contributed by atoms with E-state index in [0.717, 1.165) is 17.4 Å². The van der Waals surface area contributed by atoms with Crippen molar-refractivity contribution >= 4 is 22.7 Å². The van der Waals surface area contributed by atoms with E-state index in [9.17, 15) is 0 Å². The van der Waals surface area contributed by atoms with E-state index in [-0.39, 0.29) is 5.84 Å². The molecular formula is C15H21N5O. The predicted molar refractivity (Wildman–Crippen MR) is 84.6 cm³/mol. The number of hydrogen-bond donors (Lipinski definition) is 2. The fourth-order valence-electron chi connectivity index (χ4n) is 2.13. The molecule has 2 aromatic rings. The molecule has 6 nitrogen and oxygen atoms in total. The van der Waals surface area contributed by atoms with Gasteiger partial charge in [-0.1, -0.05) is 37.2 Å². The van der Waals surface area contributed by atoms with Crippen molar-refractivity contribution in [1.29, 1.82) is 0 Å². The van der Waals surface area contributed by atoms with Crippen LogP contribution in [-0.4, -0.2) is 34.1 Å². The fourth-order valence-corrected chi connectivity index (χ4v) is 2.13. The fraction of sp³-hybridized carbons (Fsp3) is 0.400. The molecule has 0 unspecified atom stereocenters. The van der Waals surface area contributed by atoms with Crippen LogP contribution in [0.15, 0.2) is 35.6 Å². The summed E-state index contributed by atoms with van der Waals surface area (Å²) in [5.41, 5.74) is 6.47. The number of nitrogens with two attached hydrogens (primary N) is 1. The van der Waals surface area contributed by atoms with Crippen LogP contribution in [0.25, 0.3) is 10.9 Å². The summed E-state index contributed by atoms with van der Waals surface area (Å²) in [5, 5.41) is 12.7. The van der Waals surface area contributed by atoms with Gasteiger partial charge in [0.2, 0.25) is 5.95 Å². The van der Waals surface area contributed by atoms with Gasteiger partial charge in [0.15, 0.2) is 0 Å². The molecule has 3 N–H and O–H groups in total. The summed E-state index contributed by atoms with van der Waals surface area (Å²) in [4.78, 5) is 11.1. The Balaban J connectivity index is 2.24. The summed E-state index contributed by atoms with van der Waals surface area (Å²) in [6.07, 6.45) is 2.30. The third kappa shape index (κ3) is 4.05. The molecule has 0 radical (unpaired) electrons. The van der Waals surface area contributed by atoms with Gasteiger partial charge in [0.1, 0.15) is 5.84 Å². The van der Waals surface area contributed by atoms with Gasteiger partial charge < -0.3 is 15.8 Å². The number of fused-ring (bicyclic) bond motifs is 1. The SMILES string of the molecule is CC(C)CN(CC/C(N)=N/O)c1ncc2ccccc2n1. The zero-order chi connectivity index (χ0) is 15.2. The lowest BCUT2D eigenvalue weighted by molar-refractivity contribution is 0.317. The summed E-state index contributed by atoms with van der Waals surface area (Å²) in [6, 6.07) is 7.89. The van der Waals surface area contributed by atoms with E-state index in [1.54, 1.807) is 0 Å². The van der Waals surface area contributed by atoms with E-state index in [4.69, 9.17) is 10.9 Å². The summed E-state index contributed by atoms with van der Waals surface area (Å²) in [5.74, 6) is 1.35. The third-order valence-electron chi connectivity index (χ3n) is 3.11. The van der Waals surface area contributed by atoms with Crippen LogP contribution < -0.4 is 10.6 Å². The number of para-hydroxylation sites is 1. The number of anilines is 1. The standard InChI is InChI=1S/C15H21N5O/c1-11(2)10-20(8-7-14(16)19-21)15-17-9-12-5-3-4-6-13(12)18-15/h3-6,9,11,21H,7-8,10H2,1-2H3,(H2,16,19). The van der Waals surface area contributed by atoms with E-state index >= 15 is 0 Å². The minimum Gasteiger partial charge on any atom is -0.409 e. The first-order valence-corrected chi connectivity index (χ1v) is 7.03. The molecule has 1 aromatic carbocycles. The molecule has 0 saturated carbocycles. The van der Waals surface area contributed by atoms with Gasteiger partial charge in [0.25, 0.3) is 0 Å². The Kier molecular flexibility index (Phi) is 4.92. The molecule has 0 spiro atoms. The average molecular weight is 287 g/mol. The Morgan fingerprint density at radius 3 is 2.86 bits per heavy atom. The van der Waals surface area contributed by atoms with E-state index in [2.05, 4.69) is 33.9 Å². The molecule has 0 fully saturated rings. The molecular weight excluding hydrogens is 266 g/mol. The summed E-state index contributed by atoms with van der Waals surface area (Å²) in [6.45, 7) is 5.71. The molecule has 0 aliphatic heterocycles. The van der Waals surface area contributed by atoms with Gasteiger partial charge in [-0.05, 0) is 12.0 Å². The molecule has 21 heavy (non-hydrogen) atoms. The monoisotopic (exact) mass is 287 g/mol. The van der Waals surface area contributed by atoms with E-state index in [0.29, 0.717) is 24.8 Å². The van der Waals surface area contributed by atoms with Crippen molar-refractivity contribution in [3.8, 4) is 0 Å². The lowest BCUT2D eigenvalue weighted by Gasteiger charge is -2.24. The van der Waals surface area contributed by atoms with Gasteiger partial charge in [0.05, 0.1) is 5.52 Å². The first-order valence-electron chi connectivity index (χ1n) is 7.03. The maximum atomic E-state index is 8.65. The van der Waals surface area contributed by atoms with Crippen LogP contribution >= 0.6 is 0 Å². The van der Waals surface area contributed by atoms with Crippen LogP contribution in [0.3, 0.4) is 0 Å². The van der Waals surface area contributed by atoms with E-state index in [1.807, 2.05) is 30.5 Å². The highest BCUT2D eigenvalue weighted by molar-refractivity contribution is 5.80. The first kappa shape index (κ1) is 15.0. The molecule has 0 atom stereocenters. The Hall–Kier alpha value is -2.37. The second-order valence-corrected chi connectivity index (χ2v) is 5.41. The van der Waals surface area contributed by atoms with E-state index < -0.39 is 0 Å². The molecule has 0 bridgehead atoms. The van der Waals surface area contributed by atoms with Crippen LogP contribution in [0.2, 0.25) is 0 Å². The molecule has 112 valence electrons. The van der Waals surface area contributed by atoms with Gasteiger partial charge in [-0.2, -0.15) is 0 Å². The molecule has 1 aromatic heterocycles. The Labute approximate surface area is 124 Å². The summed E-state index contributed by atoms with van der Waals surface area (Å²) < 4.78 is 0. The topological polar surface area (TPSA) is 87.6 Å². The second-order valence-electron chi connectivity index (χ2n) is 5.41. The molecule has 0 aliphatic rings. The maximum Gasteiger partial charge on any atom is 0.225 e. The summed E-state index contributed by atoms with van der Waals surface area (Å²) in [7, 11) is 0. The minimum atomic E-state index is 0.213. The molecule has 0 aliphatic carbocycles. The van der Waals surface area contributed by atoms with Crippen molar-refractivity contribution < 1.29 is 5.21 Å². The molecule has 0 amide bonds. The van der Waals surface area contributed by atoms with Crippen LogP contribution in [0.1, 0.15) is 20.3 Å². The smallest absolute Gasteiger partial charge is 0.225 e. The molecule has 0 saturated heterocycles. The quantitative estimate of drug-likeness (QED) is 0.368. The second kappa shape index (κ2) is 6.88. The number of aromatic nitrogens is 2. The predicted octanol–water partition coefficient (Wildman–Crippen LogP) is 2.23. The number of rotatable bonds is 6. The third-order valence-corrected chi connectivity index (χ3v) is 3.11. The van der Waals surface area contributed by atoms with Crippen molar-refractivity contribution in [2.24, 2.45) is 16.8 Å². The van der Waals surface area contributed by atoms with Crippen molar-refractivity contribution in [1.82, 2.24) is 9.97 Å².